The third-order valence-electron chi connectivity index (χ3n) is 3.24. The summed E-state index contributed by atoms with van der Waals surface area (Å²) in [7, 11) is 1.88. The zero-order valence-corrected chi connectivity index (χ0v) is 11.1. The van der Waals surface area contributed by atoms with E-state index in [1.807, 2.05) is 57.3 Å². The molecule has 0 radical (unpaired) electrons. The fourth-order valence-electron chi connectivity index (χ4n) is 2.09. The molecule has 0 aliphatic rings. The molecule has 2 aromatic rings. The molecule has 0 aliphatic carbocycles. The maximum Gasteiger partial charge on any atom is 0.145 e. The van der Waals surface area contributed by atoms with Crippen molar-refractivity contribution in [2.75, 3.05) is 0 Å². The van der Waals surface area contributed by atoms with Gasteiger partial charge in [-0.05, 0) is 18.6 Å². The van der Waals surface area contributed by atoms with E-state index in [-0.39, 0.29) is 11.7 Å². The summed E-state index contributed by atoms with van der Waals surface area (Å²) in [5, 5.41) is 4.26. The zero-order chi connectivity index (χ0) is 13.1. The largest absolute Gasteiger partial charge is 0.299 e. The topological polar surface area (TPSA) is 34.9 Å². The Morgan fingerprint density at radius 3 is 2.56 bits per heavy atom. The maximum atomic E-state index is 12.2. The third-order valence-corrected chi connectivity index (χ3v) is 3.24. The van der Waals surface area contributed by atoms with Gasteiger partial charge in [-0.15, -0.1) is 0 Å². The number of aryl methyl sites for hydroxylation is 2. The second-order valence-electron chi connectivity index (χ2n) is 4.68. The smallest absolute Gasteiger partial charge is 0.145 e. The van der Waals surface area contributed by atoms with Gasteiger partial charge in [0.25, 0.3) is 0 Å². The van der Waals surface area contributed by atoms with Crippen LogP contribution in [0.25, 0.3) is 0 Å². The second-order valence-corrected chi connectivity index (χ2v) is 4.68. The Morgan fingerprint density at radius 1 is 1.33 bits per heavy atom. The highest BCUT2D eigenvalue weighted by molar-refractivity contribution is 5.87. The first kappa shape index (κ1) is 12.6. The van der Waals surface area contributed by atoms with Crippen molar-refractivity contribution in [2.45, 2.75) is 26.2 Å². The molecule has 3 nitrogen and oxygen atoms in total. The number of carbonyl (C=O) groups excluding carboxylic acids is 1. The van der Waals surface area contributed by atoms with Gasteiger partial charge in [0.1, 0.15) is 5.78 Å². The molecule has 0 N–H and O–H groups in total. The highest BCUT2D eigenvalue weighted by atomic mass is 16.1. The van der Waals surface area contributed by atoms with E-state index in [9.17, 15) is 4.79 Å². The van der Waals surface area contributed by atoms with Crippen molar-refractivity contribution in [3.63, 3.8) is 0 Å². The lowest BCUT2D eigenvalue weighted by Gasteiger charge is -2.10. The van der Waals surface area contributed by atoms with Gasteiger partial charge in [-0.25, -0.2) is 0 Å². The predicted octanol–water partition coefficient (Wildman–Crippen LogP) is 2.64. The molecule has 1 unspecified atom stereocenters. The average molecular weight is 242 g/mol. The summed E-state index contributed by atoms with van der Waals surface area (Å²) in [6.07, 6.45) is 0.438. The standard InChI is InChI=1S/C15H18N2O/c1-11-9-14(17(3)16-11)10-15(18)12(2)13-7-5-4-6-8-13/h4-9,12H,10H2,1-3H3. The molecular formula is C15H18N2O. The van der Waals surface area contributed by atoms with Crippen LogP contribution in [0.15, 0.2) is 36.4 Å². The van der Waals surface area contributed by atoms with Gasteiger partial charge >= 0.3 is 0 Å². The average Bonchev–Trinajstić information content (AvgIpc) is 2.68. The number of Topliss-reactive ketones (excluding diaryl/α,β-unsaturated/α-hetero) is 1. The van der Waals surface area contributed by atoms with Crippen LogP contribution in [0.2, 0.25) is 0 Å². The molecule has 0 spiro atoms. The molecule has 0 fully saturated rings. The lowest BCUT2D eigenvalue weighted by Crippen LogP contribution is -2.14. The van der Waals surface area contributed by atoms with Crippen molar-refractivity contribution >= 4 is 5.78 Å². The minimum atomic E-state index is -0.0681. The molecule has 2 rings (SSSR count). The molecule has 1 atom stereocenters. The minimum Gasteiger partial charge on any atom is -0.299 e. The van der Waals surface area contributed by atoms with E-state index < -0.39 is 0 Å². The number of benzene rings is 1. The van der Waals surface area contributed by atoms with E-state index >= 15 is 0 Å². The van der Waals surface area contributed by atoms with Crippen LogP contribution in [0.1, 0.15) is 29.8 Å². The molecular weight excluding hydrogens is 224 g/mol. The summed E-state index contributed by atoms with van der Waals surface area (Å²) in [5.74, 6) is 0.158. The van der Waals surface area contributed by atoms with Crippen molar-refractivity contribution in [2.24, 2.45) is 7.05 Å². The zero-order valence-electron chi connectivity index (χ0n) is 11.1. The summed E-state index contributed by atoms with van der Waals surface area (Å²) in [6, 6.07) is 11.9. The summed E-state index contributed by atoms with van der Waals surface area (Å²) in [5.41, 5.74) is 2.99. The molecule has 3 heteroatoms. The highest BCUT2D eigenvalue weighted by Gasteiger charge is 2.17. The van der Waals surface area contributed by atoms with Crippen LogP contribution in [-0.4, -0.2) is 15.6 Å². The number of hydrogen-bond acceptors (Lipinski definition) is 2. The van der Waals surface area contributed by atoms with Crippen molar-refractivity contribution in [1.82, 2.24) is 9.78 Å². The number of aromatic nitrogens is 2. The van der Waals surface area contributed by atoms with E-state index in [2.05, 4.69) is 5.10 Å². The van der Waals surface area contributed by atoms with Crippen LogP contribution in [0.5, 0.6) is 0 Å². The van der Waals surface area contributed by atoms with Crippen molar-refractivity contribution in [3.8, 4) is 0 Å². The summed E-state index contributed by atoms with van der Waals surface area (Å²) >= 11 is 0. The van der Waals surface area contributed by atoms with E-state index in [4.69, 9.17) is 0 Å². The maximum absolute atomic E-state index is 12.2. The van der Waals surface area contributed by atoms with Crippen LogP contribution < -0.4 is 0 Å². The Balaban J connectivity index is 2.11. The van der Waals surface area contributed by atoms with Gasteiger partial charge in [0, 0.05) is 25.1 Å². The van der Waals surface area contributed by atoms with Gasteiger partial charge in [0.15, 0.2) is 0 Å². The summed E-state index contributed by atoms with van der Waals surface area (Å²) < 4.78 is 1.78. The monoisotopic (exact) mass is 242 g/mol. The van der Waals surface area contributed by atoms with Gasteiger partial charge in [0.05, 0.1) is 5.69 Å². The molecule has 18 heavy (non-hydrogen) atoms. The van der Waals surface area contributed by atoms with E-state index in [1.165, 1.54) is 0 Å². The van der Waals surface area contributed by atoms with Crippen molar-refractivity contribution < 1.29 is 4.79 Å². The molecule has 0 saturated heterocycles. The number of ketones is 1. The van der Waals surface area contributed by atoms with Gasteiger partial charge in [0.2, 0.25) is 0 Å². The lowest BCUT2D eigenvalue weighted by atomic mass is 9.94. The van der Waals surface area contributed by atoms with E-state index in [0.29, 0.717) is 6.42 Å². The van der Waals surface area contributed by atoms with Gasteiger partial charge in [-0.2, -0.15) is 5.10 Å². The summed E-state index contributed by atoms with van der Waals surface area (Å²) in [6.45, 7) is 3.90. The molecule has 1 heterocycles. The molecule has 0 amide bonds. The predicted molar refractivity (Wildman–Crippen MR) is 71.5 cm³/mol. The Hall–Kier alpha value is -1.90. The molecule has 0 bridgehead atoms. The van der Waals surface area contributed by atoms with Crippen LogP contribution >= 0.6 is 0 Å². The normalized spacial score (nSPS) is 12.4. The molecule has 1 aromatic heterocycles. The number of hydrogen-bond donors (Lipinski definition) is 0. The first-order valence-electron chi connectivity index (χ1n) is 6.15. The fourth-order valence-corrected chi connectivity index (χ4v) is 2.09. The van der Waals surface area contributed by atoms with Crippen LogP contribution in [-0.2, 0) is 18.3 Å². The molecule has 94 valence electrons. The first-order valence-corrected chi connectivity index (χ1v) is 6.15. The first-order chi connectivity index (χ1) is 8.58. The number of carbonyl (C=O) groups is 1. The Bertz CT molecular complexity index is 543. The van der Waals surface area contributed by atoms with Gasteiger partial charge in [-0.3, -0.25) is 9.48 Å². The fraction of sp³-hybridized carbons (Fsp3) is 0.333. The van der Waals surface area contributed by atoms with Crippen LogP contribution in [0.3, 0.4) is 0 Å². The number of nitrogens with zero attached hydrogens (tertiary/aromatic N) is 2. The summed E-state index contributed by atoms with van der Waals surface area (Å²) in [4.78, 5) is 12.2. The Labute approximate surface area is 107 Å². The van der Waals surface area contributed by atoms with Gasteiger partial charge in [-0.1, -0.05) is 37.3 Å². The Kier molecular flexibility index (Phi) is 3.60. The highest BCUT2D eigenvalue weighted by Crippen LogP contribution is 2.18. The van der Waals surface area contributed by atoms with Gasteiger partial charge < -0.3 is 0 Å². The molecule has 0 saturated carbocycles. The van der Waals surface area contributed by atoms with E-state index in [1.54, 1.807) is 4.68 Å². The third kappa shape index (κ3) is 2.67. The van der Waals surface area contributed by atoms with Crippen molar-refractivity contribution in [3.05, 3.63) is 53.3 Å². The quantitative estimate of drug-likeness (QED) is 0.826. The molecule has 1 aromatic carbocycles. The Morgan fingerprint density at radius 2 is 2.00 bits per heavy atom. The minimum absolute atomic E-state index is 0.0681. The van der Waals surface area contributed by atoms with Crippen LogP contribution in [0.4, 0.5) is 0 Å². The molecule has 0 aliphatic heterocycles. The van der Waals surface area contributed by atoms with Crippen molar-refractivity contribution in [1.29, 1.82) is 0 Å². The second kappa shape index (κ2) is 5.17. The van der Waals surface area contributed by atoms with E-state index in [0.717, 1.165) is 17.0 Å². The number of rotatable bonds is 4. The SMILES string of the molecule is Cc1cc(CC(=O)C(C)c2ccccc2)n(C)n1. The lowest BCUT2D eigenvalue weighted by molar-refractivity contribution is -0.119. The van der Waals surface area contributed by atoms with Crippen LogP contribution in [0, 0.1) is 6.92 Å².